The predicted molar refractivity (Wildman–Crippen MR) is 141 cm³/mol. The molecule has 0 saturated carbocycles. The number of thiazole rings is 1. The molecule has 1 fully saturated rings. The Kier molecular flexibility index (Phi) is 8.03. The number of fused-ring (bicyclic) bond motifs is 1. The van der Waals surface area contributed by atoms with Crippen LogP contribution in [0.4, 0.5) is 5.13 Å². The van der Waals surface area contributed by atoms with Crippen molar-refractivity contribution in [2.24, 2.45) is 0 Å². The highest BCUT2D eigenvalue weighted by molar-refractivity contribution is 7.89. The largest absolute Gasteiger partial charge is 0.376 e. The zero-order valence-corrected chi connectivity index (χ0v) is 21.5. The molecule has 0 spiro atoms. The summed E-state index contributed by atoms with van der Waals surface area (Å²) < 4.78 is 33.9. The molecule has 2 aromatic carbocycles. The summed E-state index contributed by atoms with van der Waals surface area (Å²) in [6, 6.07) is 11.5. The van der Waals surface area contributed by atoms with Crippen LogP contribution in [0.3, 0.4) is 0 Å². The van der Waals surface area contributed by atoms with E-state index in [0.717, 1.165) is 17.5 Å². The monoisotopic (exact) mass is 531 g/mol. The fourth-order valence-electron chi connectivity index (χ4n) is 3.89. The van der Waals surface area contributed by atoms with E-state index in [2.05, 4.69) is 18.1 Å². The van der Waals surface area contributed by atoms with Gasteiger partial charge in [-0.3, -0.25) is 9.69 Å². The van der Waals surface area contributed by atoms with Crippen molar-refractivity contribution in [2.75, 3.05) is 31.1 Å². The molecule has 1 amide bonds. The number of hydrogen-bond donors (Lipinski definition) is 0. The molecule has 0 bridgehead atoms. The van der Waals surface area contributed by atoms with E-state index in [0.29, 0.717) is 34.4 Å². The van der Waals surface area contributed by atoms with Gasteiger partial charge in [-0.15, -0.1) is 13.2 Å². The van der Waals surface area contributed by atoms with Gasteiger partial charge in [0.1, 0.15) is 5.52 Å². The normalized spacial score (nSPS) is 16.0. The summed E-state index contributed by atoms with van der Waals surface area (Å²) in [5.41, 5.74) is 0.997. The van der Waals surface area contributed by atoms with Crippen LogP contribution in [0.5, 0.6) is 0 Å². The average molecular weight is 532 g/mol. The minimum atomic E-state index is -3.76. The lowest BCUT2D eigenvalue weighted by Crippen LogP contribution is -2.37. The molecule has 2 heterocycles. The van der Waals surface area contributed by atoms with Gasteiger partial charge >= 0.3 is 0 Å². The fraction of sp³-hybridized carbons (Fsp3) is 0.280. The number of rotatable bonds is 10. The number of nitrogens with zero attached hydrogens (tertiary/aromatic N) is 3. The molecule has 1 aliphatic rings. The molecular formula is C25H26ClN3O4S2. The first-order valence-corrected chi connectivity index (χ1v) is 13.8. The number of sulfonamides is 1. The molecular weight excluding hydrogens is 506 g/mol. The third kappa shape index (κ3) is 5.49. The van der Waals surface area contributed by atoms with Gasteiger partial charge in [-0.2, -0.15) is 4.31 Å². The average Bonchev–Trinajstić information content (AvgIpc) is 3.52. The van der Waals surface area contributed by atoms with Crippen molar-refractivity contribution < 1.29 is 17.9 Å². The highest BCUT2D eigenvalue weighted by atomic mass is 35.5. The summed E-state index contributed by atoms with van der Waals surface area (Å²) in [6.45, 7) is 8.58. The van der Waals surface area contributed by atoms with Crippen LogP contribution in [-0.2, 0) is 14.8 Å². The summed E-state index contributed by atoms with van der Waals surface area (Å²) in [4.78, 5) is 19.9. The van der Waals surface area contributed by atoms with Crippen LogP contribution >= 0.6 is 22.9 Å². The number of anilines is 1. The van der Waals surface area contributed by atoms with E-state index in [-0.39, 0.29) is 30.0 Å². The zero-order chi connectivity index (χ0) is 25.0. The predicted octanol–water partition coefficient (Wildman–Crippen LogP) is 5.14. The number of halogens is 1. The molecule has 0 radical (unpaired) electrons. The van der Waals surface area contributed by atoms with Gasteiger partial charge in [-0.05, 0) is 49.2 Å². The Hall–Kier alpha value is -2.56. The van der Waals surface area contributed by atoms with Crippen molar-refractivity contribution in [2.45, 2.75) is 23.8 Å². The Morgan fingerprint density at radius 3 is 2.49 bits per heavy atom. The van der Waals surface area contributed by atoms with Crippen molar-refractivity contribution >= 4 is 54.2 Å². The van der Waals surface area contributed by atoms with Gasteiger partial charge in [0.05, 0.1) is 27.3 Å². The summed E-state index contributed by atoms with van der Waals surface area (Å²) in [5.74, 6) is -0.284. The molecule has 4 rings (SSSR count). The van der Waals surface area contributed by atoms with Crippen LogP contribution in [0.15, 0.2) is 72.7 Å². The minimum absolute atomic E-state index is 0.0903. The van der Waals surface area contributed by atoms with Crippen LogP contribution in [0, 0.1) is 0 Å². The van der Waals surface area contributed by atoms with E-state index in [4.69, 9.17) is 16.3 Å². The summed E-state index contributed by atoms with van der Waals surface area (Å²) >= 11 is 7.70. The van der Waals surface area contributed by atoms with E-state index in [1.54, 1.807) is 11.0 Å². The van der Waals surface area contributed by atoms with E-state index in [1.165, 1.54) is 52.1 Å². The van der Waals surface area contributed by atoms with Crippen LogP contribution < -0.4 is 4.90 Å². The van der Waals surface area contributed by atoms with Gasteiger partial charge < -0.3 is 4.74 Å². The quantitative estimate of drug-likeness (QED) is 0.338. The van der Waals surface area contributed by atoms with E-state index < -0.39 is 10.0 Å². The van der Waals surface area contributed by atoms with Gasteiger partial charge in [-0.25, -0.2) is 13.4 Å². The van der Waals surface area contributed by atoms with Crippen molar-refractivity contribution in [3.63, 3.8) is 0 Å². The number of ether oxygens (including phenoxy) is 1. The van der Waals surface area contributed by atoms with Gasteiger partial charge in [0, 0.05) is 25.3 Å². The third-order valence-corrected chi connectivity index (χ3v) is 8.84. The molecule has 7 nitrogen and oxygen atoms in total. The van der Waals surface area contributed by atoms with Crippen LogP contribution in [0.1, 0.15) is 23.2 Å². The van der Waals surface area contributed by atoms with Crippen molar-refractivity contribution in [3.8, 4) is 0 Å². The molecule has 0 aliphatic carbocycles. The maximum Gasteiger partial charge on any atom is 0.260 e. The SMILES string of the molecule is C=CCN(CC=C)S(=O)(=O)c1ccc(C(=O)N(CC2CCCO2)c2nc3c(Cl)cccc3s2)cc1. The highest BCUT2D eigenvalue weighted by Crippen LogP contribution is 2.34. The molecule has 3 aromatic rings. The Balaban J connectivity index is 1.65. The Labute approximate surface area is 214 Å². The van der Waals surface area contributed by atoms with Crippen molar-refractivity contribution in [1.29, 1.82) is 0 Å². The molecule has 35 heavy (non-hydrogen) atoms. The second-order valence-electron chi connectivity index (χ2n) is 8.06. The van der Waals surface area contributed by atoms with E-state index >= 15 is 0 Å². The van der Waals surface area contributed by atoms with Crippen LogP contribution in [0.2, 0.25) is 5.02 Å². The number of hydrogen-bond acceptors (Lipinski definition) is 6. The minimum Gasteiger partial charge on any atom is -0.376 e. The Bertz CT molecular complexity index is 1320. The lowest BCUT2D eigenvalue weighted by molar-refractivity contribution is 0.0917. The van der Waals surface area contributed by atoms with Crippen molar-refractivity contribution in [1.82, 2.24) is 9.29 Å². The maximum atomic E-state index is 13.6. The van der Waals surface area contributed by atoms with E-state index in [9.17, 15) is 13.2 Å². The lowest BCUT2D eigenvalue weighted by Gasteiger charge is -2.23. The molecule has 184 valence electrons. The molecule has 1 atom stereocenters. The Morgan fingerprint density at radius 2 is 1.89 bits per heavy atom. The van der Waals surface area contributed by atoms with Crippen molar-refractivity contribution in [3.05, 3.63) is 78.4 Å². The molecule has 1 saturated heterocycles. The second kappa shape index (κ2) is 11.0. The number of amides is 1. The number of benzene rings is 2. The lowest BCUT2D eigenvalue weighted by atomic mass is 10.2. The number of carbonyl (C=O) groups is 1. The first-order valence-electron chi connectivity index (χ1n) is 11.2. The molecule has 1 aliphatic heterocycles. The third-order valence-electron chi connectivity index (χ3n) is 5.65. The zero-order valence-electron chi connectivity index (χ0n) is 19.1. The maximum absolute atomic E-state index is 13.6. The standard InChI is InChI=1S/C25H26ClN3O4S2/c1-3-14-28(15-4-2)35(31,32)20-12-10-18(11-13-20)24(30)29(17-19-7-6-16-33-19)25-27-23-21(26)8-5-9-22(23)34-25/h3-5,8-13,19H,1-2,6-7,14-17H2. The second-order valence-corrected chi connectivity index (χ2v) is 11.4. The summed E-state index contributed by atoms with van der Waals surface area (Å²) in [7, 11) is -3.76. The number of carbonyl (C=O) groups excluding carboxylic acids is 1. The topological polar surface area (TPSA) is 79.8 Å². The Morgan fingerprint density at radius 1 is 1.17 bits per heavy atom. The summed E-state index contributed by atoms with van der Waals surface area (Å²) in [6.07, 6.45) is 4.75. The molecule has 0 N–H and O–H groups in total. The highest BCUT2D eigenvalue weighted by Gasteiger charge is 2.28. The van der Waals surface area contributed by atoms with Gasteiger partial charge in [0.15, 0.2) is 5.13 Å². The summed E-state index contributed by atoms with van der Waals surface area (Å²) in [5, 5.41) is 1.04. The number of aromatic nitrogens is 1. The fourth-order valence-corrected chi connectivity index (χ4v) is 6.55. The first-order chi connectivity index (χ1) is 16.8. The first kappa shape index (κ1) is 25.5. The molecule has 10 heteroatoms. The van der Waals surface area contributed by atoms with E-state index in [1.807, 2.05) is 12.1 Å². The smallest absolute Gasteiger partial charge is 0.260 e. The number of para-hydroxylation sites is 1. The van der Waals surface area contributed by atoms with Gasteiger partial charge in [0.25, 0.3) is 5.91 Å². The van der Waals surface area contributed by atoms with Gasteiger partial charge in [0.2, 0.25) is 10.0 Å². The molecule has 1 unspecified atom stereocenters. The van der Waals surface area contributed by atoms with Gasteiger partial charge in [-0.1, -0.05) is 41.2 Å². The molecule has 1 aromatic heterocycles. The van der Waals surface area contributed by atoms with Crippen LogP contribution in [-0.4, -0.2) is 56.0 Å². The van der Waals surface area contributed by atoms with Crippen LogP contribution in [0.25, 0.3) is 10.2 Å².